The Labute approximate surface area is 102 Å². The molecule has 0 radical (unpaired) electrons. The lowest BCUT2D eigenvalue weighted by Crippen LogP contribution is -2.38. The molecule has 3 nitrogen and oxygen atoms in total. The van der Waals surface area contributed by atoms with E-state index in [9.17, 15) is 4.79 Å². The van der Waals surface area contributed by atoms with Crippen molar-refractivity contribution in [1.29, 1.82) is 0 Å². The summed E-state index contributed by atoms with van der Waals surface area (Å²) < 4.78 is 0. The maximum absolute atomic E-state index is 11.0. The third-order valence-corrected chi connectivity index (χ3v) is 3.56. The van der Waals surface area contributed by atoms with Crippen LogP contribution >= 0.6 is 0 Å². The molecular formula is C14H19NO2. The molecule has 0 aliphatic carbocycles. The number of nitrogens with one attached hydrogen (secondary N) is 1. The Kier molecular flexibility index (Phi) is 3.79. The lowest BCUT2D eigenvalue weighted by Gasteiger charge is -2.28. The van der Waals surface area contributed by atoms with E-state index in [4.69, 9.17) is 5.11 Å². The summed E-state index contributed by atoms with van der Waals surface area (Å²) in [5.74, 6) is -0.609. The van der Waals surface area contributed by atoms with Crippen LogP contribution in [-0.4, -0.2) is 24.2 Å². The van der Waals surface area contributed by atoms with Gasteiger partial charge in [-0.25, -0.2) is 0 Å². The molecule has 2 N–H and O–H groups in total. The number of benzene rings is 1. The Morgan fingerprint density at radius 2 is 2.06 bits per heavy atom. The molecule has 1 aromatic carbocycles. The monoisotopic (exact) mass is 233 g/mol. The van der Waals surface area contributed by atoms with Crippen molar-refractivity contribution in [1.82, 2.24) is 5.32 Å². The SMILES string of the molecule is CCc1ccc(C2CNCC(C(=O)O)C2)cc1. The summed E-state index contributed by atoms with van der Waals surface area (Å²) >= 11 is 0. The average molecular weight is 233 g/mol. The average Bonchev–Trinajstić information content (AvgIpc) is 2.39. The van der Waals surface area contributed by atoms with Gasteiger partial charge in [-0.2, -0.15) is 0 Å². The molecule has 1 heterocycles. The van der Waals surface area contributed by atoms with Gasteiger partial charge >= 0.3 is 5.97 Å². The number of aryl methyl sites for hydroxylation is 1. The van der Waals surface area contributed by atoms with Gasteiger partial charge in [-0.1, -0.05) is 31.2 Å². The van der Waals surface area contributed by atoms with Gasteiger partial charge in [-0.15, -0.1) is 0 Å². The van der Waals surface area contributed by atoms with E-state index in [0.29, 0.717) is 12.5 Å². The van der Waals surface area contributed by atoms with Gasteiger partial charge in [0.25, 0.3) is 0 Å². The zero-order valence-corrected chi connectivity index (χ0v) is 10.1. The highest BCUT2D eigenvalue weighted by molar-refractivity contribution is 5.70. The predicted molar refractivity (Wildman–Crippen MR) is 67.2 cm³/mol. The second-order valence-electron chi connectivity index (χ2n) is 4.72. The van der Waals surface area contributed by atoms with E-state index in [-0.39, 0.29) is 5.92 Å². The predicted octanol–water partition coefficient (Wildman–Crippen LogP) is 2.03. The molecule has 0 aromatic heterocycles. The van der Waals surface area contributed by atoms with Gasteiger partial charge in [0, 0.05) is 13.1 Å². The van der Waals surface area contributed by atoms with Crippen LogP contribution in [0.3, 0.4) is 0 Å². The number of carboxylic acid groups (broad SMARTS) is 1. The third kappa shape index (κ3) is 2.86. The molecule has 1 aromatic rings. The van der Waals surface area contributed by atoms with Crippen molar-refractivity contribution in [2.24, 2.45) is 5.92 Å². The number of piperidine rings is 1. The highest BCUT2D eigenvalue weighted by Gasteiger charge is 2.27. The van der Waals surface area contributed by atoms with Gasteiger partial charge in [-0.05, 0) is 29.9 Å². The molecule has 1 aliphatic rings. The van der Waals surface area contributed by atoms with Gasteiger partial charge in [0.15, 0.2) is 0 Å². The van der Waals surface area contributed by atoms with Crippen LogP contribution in [0.1, 0.15) is 30.4 Å². The highest BCUT2D eigenvalue weighted by atomic mass is 16.4. The fourth-order valence-corrected chi connectivity index (χ4v) is 2.41. The molecular weight excluding hydrogens is 214 g/mol. The van der Waals surface area contributed by atoms with Crippen molar-refractivity contribution in [3.05, 3.63) is 35.4 Å². The maximum Gasteiger partial charge on any atom is 0.307 e. The van der Waals surface area contributed by atoms with Gasteiger partial charge < -0.3 is 10.4 Å². The Hall–Kier alpha value is -1.35. The van der Waals surface area contributed by atoms with Gasteiger partial charge in [0.05, 0.1) is 5.92 Å². The molecule has 1 aliphatic heterocycles. The zero-order valence-electron chi connectivity index (χ0n) is 10.1. The number of hydrogen-bond donors (Lipinski definition) is 2. The molecule has 3 heteroatoms. The van der Waals surface area contributed by atoms with Crippen molar-refractivity contribution in [3.63, 3.8) is 0 Å². The first-order valence-electron chi connectivity index (χ1n) is 6.23. The van der Waals surface area contributed by atoms with Gasteiger partial charge in [-0.3, -0.25) is 4.79 Å². The highest BCUT2D eigenvalue weighted by Crippen LogP contribution is 2.26. The van der Waals surface area contributed by atoms with Crippen molar-refractivity contribution in [3.8, 4) is 0 Å². The van der Waals surface area contributed by atoms with E-state index < -0.39 is 5.97 Å². The molecule has 0 spiro atoms. The number of hydrogen-bond acceptors (Lipinski definition) is 2. The Morgan fingerprint density at radius 3 is 2.65 bits per heavy atom. The van der Waals surface area contributed by atoms with Gasteiger partial charge in [0.2, 0.25) is 0 Å². The summed E-state index contributed by atoms with van der Waals surface area (Å²) in [6, 6.07) is 8.55. The van der Waals surface area contributed by atoms with E-state index >= 15 is 0 Å². The van der Waals surface area contributed by atoms with Crippen molar-refractivity contribution >= 4 is 5.97 Å². The van der Waals surface area contributed by atoms with E-state index in [1.54, 1.807) is 0 Å². The lowest BCUT2D eigenvalue weighted by molar-refractivity contribution is -0.142. The number of rotatable bonds is 3. The van der Waals surface area contributed by atoms with Crippen LogP contribution in [0.5, 0.6) is 0 Å². The smallest absolute Gasteiger partial charge is 0.307 e. The molecule has 2 rings (SSSR count). The summed E-state index contributed by atoms with van der Waals surface area (Å²) in [6.07, 6.45) is 1.79. The fourth-order valence-electron chi connectivity index (χ4n) is 2.41. The first-order chi connectivity index (χ1) is 8.20. The number of aliphatic carboxylic acids is 1. The van der Waals surface area contributed by atoms with Crippen LogP contribution in [0.25, 0.3) is 0 Å². The van der Waals surface area contributed by atoms with E-state index in [1.807, 2.05) is 0 Å². The first kappa shape index (κ1) is 12.1. The molecule has 17 heavy (non-hydrogen) atoms. The summed E-state index contributed by atoms with van der Waals surface area (Å²) in [6.45, 7) is 3.62. The largest absolute Gasteiger partial charge is 0.481 e. The van der Waals surface area contributed by atoms with E-state index in [0.717, 1.165) is 19.4 Å². The molecule has 1 fully saturated rings. The second kappa shape index (κ2) is 5.32. The van der Waals surface area contributed by atoms with Crippen molar-refractivity contribution < 1.29 is 9.90 Å². The Balaban J connectivity index is 2.08. The van der Waals surface area contributed by atoms with Crippen LogP contribution in [0, 0.1) is 5.92 Å². The first-order valence-corrected chi connectivity index (χ1v) is 6.23. The second-order valence-corrected chi connectivity index (χ2v) is 4.72. The summed E-state index contributed by atoms with van der Waals surface area (Å²) in [7, 11) is 0. The van der Waals surface area contributed by atoms with Crippen LogP contribution in [0.4, 0.5) is 0 Å². The van der Waals surface area contributed by atoms with Crippen molar-refractivity contribution in [2.75, 3.05) is 13.1 Å². The van der Waals surface area contributed by atoms with Crippen molar-refractivity contribution in [2.45, 2.75) is 25.7 Å². The minimum Gasteiger partial charge on any atom is -0.481 e. The Morgan fingerprint density at radius 1 is 1.35 bits per heavy atom. The van der Waals surface area contributed by atoms with Crippen LogP contribution in [0.2, 0.25) is 0 Å². The van der Waals surface area contributed by atoms with E-state index in [1.165, 1.54) is 11.1 Å². The molecule has 0 bridgehead atoms. The fraction of sp³-hybridized carbons (Fsp3) is 0.500. The molecule has 92 valence electrons. The van der Waals surface area contributed by atoms with Crippen LogP contribution in [-0.2, 0) is 11.2 Å². The Bertz CT molecular complexity index is 386. The summed E-state index contributed by atoms with van der Waals surface area (Å²) in [5.41, 5.74) is 2.58. The number of carboxylic acids is 1. The van der Waals surface area contributed by atoms with E-state index in [2.05, 4.69) is 36.5 Å². The molecule has 1 saturated heterocycles. The third-order valence-electron chi connectivity index (χ3n) is 3.56. The van der Waals surface area contributed by atoms with Crippen LogP contribution in [0.15, 0.2) is 24.3 Å². The summed E-state index contributed by atoms with van der Waals surface area (Å²) in [5, 5.41) is 12.3. The molecule has 2 unspecified atom stereocenters. The minimum atomic E-state index is -0.688. The molecule has 0 saturated carbocycles. The lowest BCUT2D eigenvalue weighted by atomic mass is 9.85. The summed E-state index contributed by atoms with van der Waals surface area (Å²) in [4.78, 5) is 11.0. The zero-order chi connectivity index (χ0) is 12.3. The normalized spacial score (nSPS) is 24.5. The number of carbonyl (C=O) groups is 1. The van der Waals surface area contributed by atoms with Crippen LogP contribution < -0.4 is 5.32 Å². The standard InChI is InChI=1S/C14H19NO2/c1-2-10-3-5-11(6-4-10)12-7-13(14(16)17)9-15-8-12/h3-6,12-13,15H,2,7-9H2,1H3,(H,16,17). The molecule has 0 amide bonds. The quantitative estimate of drug-likeness (QED) is 0.839. The maximum atomic E-state index is 11.0. The molecule has 2 atom stereocenters. The van der Waals surface area contributed by atoms with Gasteiger partial charge in [0.1, 0.15) is 0 Å². The minimum absolute atomic E-state index is 0.250. The topological polar surface area (TPSA) is 49.3 Å².